The Bertz CT molecular complexity index is 671. The molecular weight excluding hydrogens is 559 g/mol. The zero-order valence-electron chi connectivity index (χ0n) is 22.0. The normalized spacial score (nSPS) is 35.3. The highest BCUT2D eigenvalue weighted by molar-refractivity contribution is 8.64. The van der Waals surface area contributed by atoms with Gasteiger partial charge in [0.05, 0.1) is 0 Å². The van der Waals surface area contributed by atoms with Crippen LogP contribution in [0.3, 0.4) is 0 Å². The quantitative estimate of drug-likeness (QED) is 0.144. The molecule has 0 bridgehead atoms. The lowest BCUT2D eigenvalue weighted by atomic mass is 9.87. The van der Waals surface area contributed by atoms with E-state index in [9.17, 15) is 0 Å². The van der Waals surface area contributed by atoms with Crippen LogP contribution in [0.1, 0.15) is 128 Å². The van der Waals surface area contributed by atoms with Crippen molar-refractivity contribution in [3.05, 3.63) is 0 Å². The van der Waals surface area contributed by atoms with Crippen LogP contribution < -0.4 is 0 Å². The second kappa shape index (κ2) is 14.8. The maximum Gasteiger partial charge on any atom is 0.00958 e. The van der Waals surface area contributed by atoms with Crippen molar-refractivity contribution in [3.8, 4) is 0 Å². The standard InChI is InChI=1S/C28H52P2S5/c31-29(32,25-13-3-1-4-14-25)27-17-9-7-11-23(27)19-21-35-22-20-24-12-8-10-18-28(24)30(33,34)26-15-5-2-6-16-26/h23-28H,1-22H2,(H,31,32)(H,33,34). The smallest absolute Gasteiger partial charge is 0.00958 e. The lowest BCUT2D eigenvalue weighted by Crippen LogP contribution is -2.29. The third-order valence-electron chi connectivity index (χ3n) is 10.2. The molecule has 204 valence electrons. The van der Waals surface area contributed by atoms with Crippen LogP contribution in [0.25, 0.3) is 0 Å². The summed E-state index contributed by atoms with van der Waals surface area (Å²) in [6, 6.07) is 0. The van der Waals surface area contributed by atoms with Gasteiger partial charge in [-0.05, 0) is 110 Å². The Hall–Kier alpha value is 2.35. The van der Waals surface area contributed by atoms with Gasteiger partial charge in [-0.2, -0.15) is 11.8 Å². The summed E-state index contributed by atoms with van der Waals surface area (Å²) in [7, 11) is 0. The minimum Gasteiger partial charge on any atom is -0.162 e. The van der Waals surface area contributed by atoms with Crippen LogP contribution in [-0.2, 0) is 23.6 Å². The molecule has 0 saturated heterocycles. The number of thiol groups is 2. The number of hydrogen-bond acceptors (Lipinski definition) is 3. The third kappa shape index (κ3) is 8.19. The maximum atomic E-state index is 6.40. The Morgan fingerprint density at radius 3 is 1.26 bits per heavy atom. The van der Waals surface area contributed by atoms with Gasteiger partial charge in [0.1, 0.15) is 0 Å². The first-order valence-electron chi connectivity index (χ1n) is 15.1. The summed E-state index contributed by atoms with van der Waals surface area (Å²) in [5.74, 6) is 4.39. The maximum absolute atomic E-state index is 6.40. The van der Waals surface area contributed by atoms with E-state index >= 15 is 0 Å². The van der Waals surface area contributed by atoms with E-state index in [-0.39, 0.29) is 0 Å². The van der Waals surface area contributed by atoms with E-state index in [2.05, 4.69) is 11.8 Å². The lowest BCUT2D eigenvalue weighted by Gasteiger charge is -2.43. The number of thioether (sulfide) groups is 1. The topological polar surface area (TPSA) is 0 Å². The Morgan fingerprint density at radius 2 is 0.857 bits per heavy atom. The molecule has 0 N–H and O–H groups in total. The lowest BCUT2D eigenvalue weighted by molar-refractivity contribution is 0.354. The predicted octanol–water partition coefficient (Wildman–Crippen LogP) is 10.9. The van der Waals surface area contributed by atoms with Gasteiger partial charge < -0.3 is 0 Å². The Morgan fingerprint density at radius 1 is 0.514 bits per heavy atom. The van der Waals surface area contributed by atoms with Gasteiger partial charge in [-0.25, -0.2) is 0 Å². The van der Waals surface area contributed by atoms with Crippen LogP contribution in [0, 0.1) is 11.8 Å². The molecule has 0 aromatic heterocycles. The fourth-order valence-electron chi connectivity index (χ4n) is 8.04. The number of rotatable bonds is 10. The highest BCUT2D eigenvalue weighted by Crippen LogP contribution is 2.69. The largest absolute Gasteiger partial charge is 0.162 e. The van der Waals surface area contributed by atoms with Crippen molar-refractivity contribution in [2.24, 2.45) is 11.8 Å². The summed E-state index contributed by atoms with van der Waals surface area (Å²) in [4.78, 5) is 0. The molecule has 35 heavy (non-hydrogen) atoms. The average Bonchev–Trinajstić information content (AvgIpc) is 2.90. The Balaban J connectivity index is 1.24. The molecule has 0 spiro atoms. The highest BCUT2D eigenvalue weighted by Gasteiger charge is 2.40. The molecule has 6 unspecified atom stereocenters. The van der Waals surface area contributed by atoms with Crippen molar-refractivity contribution in [2.75, 3.05) is 11.5 Å². The third-order valence-corrected chi connectivity index (χ3v) is 24.7. The first-order valence-corrected chi connectivity index (χ1v) is 24.5. The van der Waals surface area contributed by atoms with Gasteiger partial charge in [0, 0.05) is 10.5 Å². The SMILES string of the molecule is S=P(S)(C1CCCCC1)C1CCCCC1CCSCCC1CCCCC1P(=S)(S)C1CCCCC1. The molecule has 0 heterocycles. The fourth-order valence-corrected chi connectivity index (χ4v) is 21.5. The summed E-state index contributed by atoms with van der Waals surface area (Å²) < 4.78 is 0. The second-order valence-corrected chi connectivity index (χ2v) is 28.3. The van der Waals surface area contributed by atoms with Gasteiger partial charge in [-0.1, -0.05) is 87.8 Å². The van der Waals surface area contributed by atoms with E-state index in [1.54, 1.807) is 0 Å². The minimum absolute atomic E-state index is 0.770. The van der Waals surface area contributed by atoms with Gasteiger partial charge in [0.25, 0.3) is 0 Å². The van der Waals surface area contributed by atoms with Gasteiger partial charge in [-0.3, -0.25) is 0 Å². The molecule has 4 rings (SSSR count). The van der Waals surface area contributed by atoms with E-state index in [0.717, 1.165) is 34.5 Å². The monoisotopic (exact) mass is 610 g/mol. The van der Waals surface area contributed by atoms with Crippen LogP contribution in [0.15, 0.2) is 0 Å². The average molecular weight is 611 g/mol. The molecule has 7 heteroatoms. The zero-order valence-corrected chi connectivity index (χ0v) is 28.1. The fraction of sp³-hybridized carbons (Fsp3) is 1.00. The van der Waals surface area contributed by atoms with Crippen LogP contribution in [0.2, 0.25) is 0 Å². The van der Waals surface area contributed by atoms with Crippen LogP contribution in [-0.4, -0.2) is 34.1 Å². The van der Waals surface area contributed by atoms with E-state index in [1.165, 1.54) is 140 Å². The molecule has 0 aromatic rings. The molecule has 0 nitrogen and oxygen atoms in total. The molecule has 0 aliphatic heterocycles. The van der Waals surface area contributed by atoms with Gasteiger partial charge in [0.2, 0.25) is 0 Å². The first kappa shape index (κ1) is 30.3. The summed E-state index contributed by atoms with van der Waals surface area (Å²) in [6.07, 6.45) is 28.0. The minimum atomic E-state index is -1.52. The molecule has 6 atom stereocenters. The molecule has 4 saturated carbocycles. The first-order chi connectivity index (χ1) is 16.9. The number of hydrogen-bond donors (Lipinski definition) is 2. The summed E-state index contributed by atoms with van der Waals surface area (Å²) in [5.41, 5.74) is 3.10. The molecule has 0 aromatic carbocycles. The Labute approximate surface area is 243 Å². The van der Waals surface area contributed by atoms with E-state index in [1.807, 2.05) is 0 Å². The van der Waals surface area contributed by atoms with Crippen LogP contribution >= 0.6 is 46.7 Å². The van der Waals surface area contributed by atoms with Crippen molar-refractivity contribution >= 4 is 70.4 Å². The van der Waals surface area contributed by atoms with Gasteiger partial charge >= 0.3 is 0 Å². The zero-order chi connectivity index (χ0) is 24.7. The summed E-state index contributed by atoms with van der Waals surface area (Å²) in [6.45, 7) is 0. The summed E-state index contributed by atoms with van der Waals surface area (Å²) in [5, 5.41) is -3.03. The predicted molar refractivity (Wildman–Crippen MR) is 178 cm³/mol. The van der Waals surface area contributed by atoms with Gasteiger partial charge in [0.15, 0.2) is 0 Å². The van der Waals surface area contributed by atoms with Crippen LogP contribution in [0.4, 0.5) is 0 Å². The van der Waals surface area contributed by atoms with E-state index in [4.69, 9.17) is 48.1 Å². The van der Waals surface area contributed by atoms with Crippen molar-refractivity contribution in [1.29, 1.82) is 0 Å². The molecule has 4 aliphatic rings. The van der Waals surface area contributed by atoms with E-state index in [0.29, 0.717) is 0 Å². The molecule has 4 fully saturated rings. The van der Waals surface area contributed by atoms with Crippen LogP contribution in [0.5, 0.6) is 0 Å². The molecular formula is C28H52P2S5. The Kier molecular flexibility index (Phi) is 12.8. The van der Waals surface area contributed by atoms with Crippen molar-refractivity contribution in [3.63, 3.8) is 0 Å². The molecule has 0 radical (unpaired) electrons. The molecule has 4 aliphatic carbocycles. The van der Waals surface area contributed by atoms with Crippen molar-refractivity contribution in [1.82, 2.24) is 0 Å². The summed E-state index contributed by atoms with van der Waals surface area (Å²) >= 11 is 25.8. The van der Waals surface area contributed by atoms with Gasteiger partial charge in [-0.15, -0.1) is 24.5 Å². The second-order valence-electron chi connectivity index (χ2n) is 12.3. The van der Waals surface area contributed by atoms with Crippen molar-refractivity contribution < 1.29 is 0 Å². The van der Waals surface area contributed by atoms with Crippen molar-refractivity contribution in [2.45, 2.75) is 151 Å². The highest BCUT2D eigenvalue weighted by atomic mass is 32.9. The molecule has 0 amide bonds. The van der Waals surface area contributed by atoms with E-state index < -0.39 is 10.5 Å².